The van der Waals surface area contributed by atoms with Crippen LogP contribution in [-0.4, -0.2) is 58.9 Å². The second-order valence-corrected chi connectivity index (χ2v) is 5.93. The Labute approximate surface area is 139 Å². The van der Waals surface area contributed by atoms with Gasteiger partial charge in [-0.1, -0.05) is 12.1 Å². The minimum absolute atomic E-state index is 0.108. The number of hydrogen-bond donors (Lipinski definition) is 1. The van der Waals surface area contributed by atoms with Crippen LogP contribution in [0.3, 0.4) is 0 Å². The number of carboxylic acids is 1. The lowest BCUT2D eigenvalue weighted by Gasteiger charge is -2.23. The van der Waals surface area contributed by atoms with Crippen LogP contribution in [0, 0.1) is 11.7 Å². The molecule has 0 radical (unpaired) electrons. The average molecular weight is 336 g/mol. The fourth-order valence-electron chi connectivity index (χ4n) is 2.70. The van der Waals surface area contributed by atoms with E-state index in [2.05, 4.69) is 0 Å². The first-order chi connectivity index (χ1) is 11.4. The van der Waals surface area contributed by atoms with Gasteiger partial charge >= 0.3 is 5.97 Å². The van der Waals surface area contributed by atoms with Crippen LogP contribution in [0.15, 0.2) is 24.3 Å². The summed E-state index contributed by atoms with van der Waals surface area (Å²) in [6.07, 6.45) is 0.699. The maximum Gasteiger partial charge on any atom is 0.315 e. The van der Waals surface area contributed by atoms with E-state index in [1.807, 2.05) is 0 Å². The van der Waals surface area contributed by atoms with Gasteiger partial charge in [-0.2, -0.15) is 0 Å². The summed E-state index contributed by atoms with van der Waals surface area (Å²) in [6.45, 7) is 2.96. The molecule has 1 aliphatic heterocycles. The van der Waals surface area contributed by atoms with Crippen molar-refractivity contribution in [3.63, 3.8) is 0 Å². The second kappa shape index (κ2) is 7.90. The molecule has 0 spiro atoms. The maximum atomic E-state index is 13.2. The summed E-state index contributed by atoms with van der Waals surface area (Å²) < 4.78 is 13.2. The number of benzene rings is 1. The van der Waals surface area contributed by atoms with E-state index in [9.17, 15) is 18.8 Å². The predicted molar refractivity (Wildman–Crippen MR) is 84.7 cm³/mol. The number of carbonyl (C=O) groups excluding carboxylic acids is 2. The van der Waals surface area contributed by atoms with Crippen molar-refractivity contribution in [1.29, 1.82) is 0 Å². The molecule has 1 aromatic rings. The number of rotatable bonds is 4. The summed E-state index contributed by atoms with van der Waals surface area (Å²) in [7, 11) is 0. The summed E-state index contributed by atoms with van der Waals surface area (Å²) in [6, 6.07) is 5.92. The van der Waals surface area contributed by atoms with Gasteiger partial charge in [0.2, 0.25) is 11.8 Å². The fourth-order valence-corrected chi connectivity index (χ4v) is 2.70. The number of halogens is 1. The van der Waals surface area contributed by atoms with Crippen LogP contribution >= 0.6 is 0 Å². The van der Waals surface area contributed by atoms with Crippen molar-refractivity contribution in [2.75, 3.05) is 26.2 Å². The molecule has 0 aliphatic carbocycles. The van der Waals surface area contributed by atoms with Crippen molar-refractivity contribution in [3.8, 4) is 0 Å². The van der Waals surface area contributed by atoms with Crippen molar-refractivity contribution in [3.05, 3.63) is 35.6 Å². The van der Waals surface area contributed by atoms with E-state index < -0.39 is 17.8 Å². The smallest absolute Gasteiger partial charge is 0.315 e. The molecule has 0 saturated carbocycles. The molecule has 7 heteroatoms. The van der Waals surface area contributed by atoms with Crippen LogP contribution in [0.1, 0.15) is 18.9 Å². The minimum atomic E-state index is -1.15. The van der Waals surface area contributed by atoms with Gasteiger partial charge in [0.1, 0.15) is 11.7 Å². The normalized spacial score (nSPS) is 16.4. The third-order valence-corrected chi connectivity index (χ3v) is 4.15. The van der Waals surface area contributed by atoms with Crippen molar-refractivity contribution in [1.82, 2.24) is 9.80 Å². The molecule has 130 valence electrons. The first-order valence-electron chi connectivity index (χ1n) is 7.92. The highest BCUT2D eigenvalue weighted by atomic mass is 19.1. The van der Waals surface area contributed by atoms with E-state index in [-0.39, 0.29) is 18.1 Å². The minimum Gasteiger partial charge on any atom is -0.481 e. The number of aliphatic carboxylic acids is 1. The second-order valence-electron chi connectivity index (χ2n) is 5.93. The van der Waals surface area contributed by atoms with E-state index in [0.717, 1.165) is 0 Å². The molecule has 1 aliphatic rings. The molecule has 1 saturated heterocycles. The van der Waals surface area contributed by atoms with Gasteiger partial charge < -0.3 is 14.9 Å². The number of carbonyl (C=O) groups is 3. The largest absolute Gasteiger partial charge is 0.481 e. The Morgan fingerprint density at radius 2 is 1.83 bits per heavy atom. The van der Waals surface area contributed by atoms with Crippen LogP contribution in [0.4, 0.5) is 4.39 Å². The Bertz CT molecular complexity index is 635. The number of carboxylic acid groups (broad SMARTS) is 1. The van der Waals surface area contributed by atoms with Gasteiger partial charge in [0.05, 0.1) is 6.42 Å². The Hall–Kier alpha value is -2.44. The maximum absolute atomic E-state index is 13.2. The highest BCUT2D eigenvalue weighted by Crippen LogP contribution is 2.11. The molecule has 1 fully saturated rings. The quantitative estimate of drug-likeness (QED) is 0.837. The zero-order chi connectivity index (χ0) is 17.7. The molecule has 1 unspecified atom stereocenters. The SMILES string of the molecule is CC(C(=O)O)C(=O)N1CCCN(C(=O)Cc2cccc(F)c2)CC1. The molecule has 1 aromatic carbocycles. The van der Waals surface area contributed by atoms with Crippen LogP contribution in [0.2, 0.25) is 0 Å². The van der Waals surface area contributed by atoms with Crippen LogP contribution < -0.4 is 0 Å². The first-order valence-corrected chi connectivity index (χ1v) is 7.92. The standard InChI is InChI=1S/C17H21FN2O4/c1-12(17(23)24)16(22)20-7-3-6-19(8-9-20)15(21)11-13-4-2-5-14(18)10-13/h2,4-5,10,12H,3,6-9,11H2,1H3,(H,23,24). The van der Waals surface area contributed by atoms with Gasteiger partial charge in [-0.15, -0.1) is 0 Å². The van der Waals surface area contributed by atoms with Crippen molar-refractivity contribution in [2.45, 2.75) is 19.8 Å². The lowest BCUT2D eigenvalue weighted by molar-refractivity contribution is -0.150. The highest BCUT2D eigenvalue weighted by molar-refractivity contribution is 5.96. The van der Waals surface area contributed by atoms with Gasteiger partial charge in [0.25, 0.3) is 0 Å². The lowest BCUT2D eigenvalue weighted by Crippen LogP contribution is -2.41. The molecule has 1 atom stereocenters. The molecular formula is C17H21FN2O4. The Morgan fingerprint density at radius 1 is 1.17 bits per heavy atom. The van der Waals surface area contributed by atoms with E-state index in [1.165, 1.54) is 24.0 Å². The Balaban J connectivity index is 1.94. The molecule has 2 rings (SSSR count). The average Bonchev–Trinajstić information content (AvgIpc) is 2.79. The Kier molecular flexibility index (Phi) is 5.89. The Morgan fingerprint density at radius 3 is 2.50 bits per heavy atom. The van der Waals surface area contributed by atoms with Crippen molar-refractivity contribution in [2.24, 2.45) is 5.92 Å². The van der Waals surface area contributed by atoms with Crippen LogP contribution in [0.5, 0.6) is 0 Å². The molecule has 1 N–H and O–H groups in total. The predicted octanol–water partition coefficient (Wildman–Crippen LogP) is 1.15. The molecule has 2 amide bonds. The van der Waals surface area contributed by atoms with Crippen molar-refractivity contribution < 1.29 is 23.9 Å². The van der Waals surface area contributed by atoms with Gasteiger partial charge in [0, 0.05) is 26.2 Å². The lowest BCUT2D eigenvalue weighted by atomic mass is 10.1. The zero-order valence-electron chi connectivity index (χ0n) is 13.6. The van der Waals surface area contributed by atoms with Crippen molar-refractivity contribution >= 4 is 17.8 Å². The van der Waals surface area contributed by atoms with Gasteiger partial charge in [-0.25, -0.2) is 4.39 Å². The highest BCUT2D eigenvalue weighted by Gasteiger charge is 2.28. The third-order valence-electron chi connectivity index (χ3n) is 4.15. The third kappa shape index (κ3) is 4.53. The summed E-state index contributed by atoms with van der Waals surface area (Å²) in [5.74, 6) is -3.17. The summed E-state index contributed by atoms with van der Waals surface area (Å²) >= 11 is 0. The monoisotopic (exact) mass is 336 g/mol. The molecule has 6 nitrogen and oxygen atoms in total. The van der Waals surface area contributed by atoms with Crippen LogP contribution in [0.25, 0.3) is 0 Å². The van der Waals surface area contributed by atoms with Gasteiger partial charge in [-0.3, -0.25) is 14.4 Å². The van der Waals surface area contributed by atoms with E-state index in [4.69, 9.17) is 5.11 Å². The molecule has 0 aromatic heterocycles. The van der Waals surface area contributed by atoms with E-state index in [1.54, 1.807) is 17.0 Å². The summed E-state index contributed by atoms with van der Waals surface area (Å²) in [5, 5.41) is 8.94. The summed E-state index contributed by atoms with van der Waals surface area (Å²) in [5.41, 5.74) is 0.608. The van der Waals surface area contributed by atoms with Gasteiger partial charge in [0.15, 0.2) is 0 Å². The molecular weight excluding hydrogens is 315 g/mol. The van der Waals surface area contributed by atoms with Gasteiger partial charge in [-0.05, 0) is 31.0 Å². The molecule has 1 heterocycles. The first kappa shape index (κ1) is 17.9. The number of hydrogen-bond acceptors (Lipinski definition) is 3. The fraction of sp³-hybridized carbons (Fsp3) is 0.471. The van der Waals surface area contributed by atoms with E-state index in [0.29, 0.717) is 38.2 Å². The summed E-state index contributed by atoms with van der Waals surface area (Å²) in [4.78, 5) is 38.5. The molecule has 24 heavy (non-hydrogen) atoms. The van der Waals surface area contributed by atoms with E-state index >= 15 is 0 Å². The topological polar surface area (TPSA) is 77.9 Å². The van der Waals surface area contributed by atoms with Crippen LogP contribution in [-0.2, 0) is 20.8 Å². The zero-order valence-corrected chi connectivity index (χ0v) is 13.6. The molecule has 0 bridgehead atoms. The number of amides is 2. The number of nitrogens with zero attached hydrogens (tertiary/aromatic N) is 2.